The molecular formula is C13H7Cl3N2S. The molecule has 0 bridgehead atoms. The maximum absolute atomic E-state index is 6.13. The van der Waals surface area contributed by atoms with Crippen LogP contribution in [0.3, 0.4) is 0 Å². The summed E-state index contributed by atoms with van der Waals surface area (Å²) < 4.78 is 0.949. The molecule has 0 unspecified atom stereocenters. The smallest absolute Gasteiger partial charge is 0.188 e. The van der Waals surface area contributed by atoms with Crippen LogP contribution in [0.2, 0.25) is 15.1 Å². The number of nitrogens with zero attached hydrogens (tertiary/aromatic N) is 1. The third kappa shape index (κ3) is 2.65. The van der Waals surface area contributed by atoms with Crippen LogP contribution in [0.4, 0.5) is 10.8 Å². The predicted molar refractivity (Wildman–Crippen MR) is 84.4 cm³/mol. The molecule has 0 atom stereocenters. The quantitative estimate of drug-likeness (QED) is 0.623. The first-order chi connectivity index (χ1) is 9.13. The minimum atomic E-state index is 0.592. The van der Waals surface area contributed by atoms with Gasteiger partial charge in [-0.2, -0.15) is 0 Å². The Bertz CT molecular complexity index is 755. The summed E-state index contributed by atoms with van der Waals surface area (Å²) >= 11 is 19.7. The third-order valence-corrected chi connectivity index (χ3v) is 4.55. The molecule has 0 saturated carbocycles. The van der Waals surface area contributed by atoms with Crippen LogP contribution in [0.1, 0.15) is 0 Å². The van der Waals surface area contributed by atoms with Crippen molar-refractivity contribution >= 4 is 67.2 Å². The highest BCUT2D eigenvalue weighted by Gasteiger charge is 2.08. The van der Waals surface area contributed by atoms with E-state index in [1.807, 2.05) is 18.2 Å². The van der Waals surface area contributed by atoms with E-state index in [1.54, 1.807) is 18.2 Å². The van der Waals surface area contributed by atoms with E-state index in [4.69, 9.17) is 34.8 Å². The molecule has 0 amide bonds. The molecule has 3 rings (SSSR count). The molecule has 0 aliphatic carbocycles. The lowest BCUT2D eigenvalue weighted by molar-refractivity contribution is 1.44. The van der Waals surface area contributed by atoms with Crippen LogP contribution in [-0.2, 0) is 0 Å². The number of halogens is 3. The van der Waals surface area contributed by atoms with E-state index in [-0.39, 0.29) is 0 Å². The zero-order valence-electron chi connectivity index (χ0n) is 9.45. The highest BCUT2D eigenvalue weighted by molar-refractivity contribution is 7.22. The van der Waals surface area contributed by atoms with Gasteiger partial charge in [0.05, 0.1) is 25.9 Å². The van der Waals surface area contributed by atoms with E-state index < -0.39 is 0 Å². The molecule has 1 aromatic heterocycles. The molecule has 0 saturated heterocycles. The van der Waals surface area contributed by atoms with E-state index in [9.17, 15) is 0 Å². The summed E-state index contributed by atoms with van der Waals surface area (Å²) in [5.41, 5.74) is 1.59. The number of hydrogen-bond donors (Lipinski definition) is 1. The molecule has 19 heavy (non-hydrogen) atoms. The van der Waals surface area contributed by atoms with Crippen molar-refractivity contribution in [1.82, 2.24) is 4.98 Å². The fourth-order valence-electron chi connectivity index (χ4n) is 1.68. The standard InChI is InChI=1S/C13H7Cl3N2S/c14-7-4-5-8(15)11(6-7)18-13-17-10-3-1-2-9(16)12(10)19-13/h1-6H,(H,17,18). The fraction of sp³-hybridized carbons (Fsp3) is 0. The van der Waals surface area contributed by atoms with Crippen molar-refractivity contribution in [2.75, 3.05) is 5.32 Å². The van der Waals surface area contributed by atoms with Crippen molar-refractivity contribution in [2.45, 2.75) is 0 Å². The first-order valence-corrected chi connectivity index (χ1v) is 7.35. The molecule has 1 N–H and O–H groups in total. The van der Waals surface area contributed by atoms with Crippen LogP contribution >= 0.6 is 46.1 Å². The SMILES string of the molecule is Clc1ccc(Cl)c(Nc2nc3cccc(Cl)c3s2)c1. The number of hydrogen-bond acceptors (Lipinski definition) is 3. The van der Waals surface area contributed by atoms with Gasteiger partial charge in [-0.05, 0) is 30.3 Å². The van der Waals surface area contributed by atoms with Gasteiger partial charge in [0.25, 0.3) is 0 Å². The lowest BCUT2D eigenvalue weighted by Crippen LogP contribution is -1.89. The van der Waals surface area contributed by atoms with E-state index in [1.165, 1.54) is 11.3 Å². The van der Waals surface area contributed by atoms with Crippen LogP contribution in [0.15, 0.2) is 36.4 Å². The second-order valence-electron chi connectivity index (χ2n) is 3.86. The maximum Gasteiger partial charge on any atom is 0.188 e. The summed E-state index contributed by atoms with van der Waals surface area (Å²) in [5.74, 6) is 0. The number of anilines is 2. The van der Waals surface area contributed by atoms with Gasteiger partial charge in [0.1, 0.15) is 0 Å². The minimum Gasteiger partial charge on any atom is -0.330 e. The molecular weight excluding hydrogens is 323 g/mol. The van der Waals surface area contributed by atoms with Crippen LogP contribution < -0.4 is 5.32 Å². The zero-order valence-corrected chi connectivity index (χ0v) is 12.5. The first kappa shape index (κ1) is 13.0. The highest BCUT2D eigenvalue weighted by atomic mass is 35.5. The minimum absolute atomic E-state index is 0.592. The molecule has 0 fully saturated rings. The molecule has 2 nitrogen and oxygen atoms in total. The van der Waals surface area contributed by atoms with Gasteiger partial charge >= 0.3 is 0 Å². The first-order valence-electron chi connectivity index (χ1n) is 5.40. The molecule has 96 valence electrons. The van der Waals surface area contributed by atoms with Crippen molar-refractivity contribution in [3.8, 4) is 0 Å². The molecule has 1 heterocycles. The van der Waals surface area contributed by atoms with Crippen molar-refractivity contribution in [1.29, 1.82) is 0 Å². The van der Waals surface area contributed by atoms with Crippen molar-refractivity contribution in [3.63, 3.8) is 0 Å². The van der Waals surface area contributed by atoms with Crippen LogP contribution in [-0.4, -0.2) is 4.98 Å². The Morgan fingerprint density at radius 1 is 1.00 bits per heavy atom. The van der Waals surface area contributed by atoms with Gasteiger partial charge in [0.15, 0.2) is 5.13 Å². The second kappa shape index (κ2) is 5.17. The zero-order chi connectivity index (χ0) is 13.4. The van der Waals surface area contributed by atoms with Gasteiger partial charge in [-0.25, -0.2) is 4.98 Å². The van der Waals surface area contributed by atoms with E-state index in [0.29, 0.717) is 15.1 Å². The Morgan fingerprint density at radius 2 is 1.84 bits per heavy atom. The molecule has 0 radical (unpaired) electrons. The van der Waals surface area contributed by atoms with Crippen LogP contribution in [0.25, 0.3) is 10.2 Å². The summed E-state index contributed by atoms with van der Waals surface area (Å²) in [6, 6.07) is 10.9. The average Bonchev–Trinajstić information content (AvgIpc) is 2.78. The second-order valence-corrected chi connectivity index (χ2v) is 6.11. The molecule has 2 aromatic carbocycles. The summed E-state index contributed by atoms with van der Waals surface area (Å²) in [7, 11) is 0. The predicted octanol–water partition coefficient (Wildman–Crippen LogP) is 6.00. The highest BCUT2D eigenvalue weighted by Crippen LogP contribution is 2.35. The summed E-state index contributed by atoms with van der Waals surface area (Å²) in [6.07, 6.45) is 0. The Balaban J connectivity index is 2.01. The number of nitrogens with one attached hydrogen (secondary N) is 1. The van der Waals surface area contributed by atoms with E-state index in [0.717, 1.165) is 21.0 Å². The molecule has 6 heteroatoms. The van der Waals surface area contributed by atoms with Gasteiger partial charge in [-0.1, -0.05) is 52.2 Å². The Hall–Kier alpha value is -1.000. The largest absolute Gasteiger partial charge is 0.330 e. The Morgan fingerprint density at radius 3 is 2.63 bits per heavy atom. The molecule has 0 aliphatic rings. The maximum atomic E-state index is 6.13. The molecule has 3 aromatic rings. The number of fused-ring (bicyclic) bond motifs is 1. The van der Waals surface area contributed by atoms with Gasteiger partial charge in [-0.15, -0.1) is 0 Å². The third-order valence-electron chi connectivity index (χ3n) is 2.54. The summed E-state index contributed by atoms with van der Waals surface area (Å²) in [4.78, 5) is 4.46. The molecule has 0 spiro atoms. The number of rotatable bonds is 2. The van der Waals surface area contributed by atoms with Crippen molar-refractivity contribution < 1.29 is 0 Å². The summed E-state index contributed by atoms with van der Waals surface area (Å²) in [6.45, 7) is 0. The Kier molecular flexibility index (Phi) is 3.54. The number of aromatic nitrogens is 1. The van der Waals surface area contributed by atoms with E-state index >= 15 is 0 Å². The fourth-order valence-corrected chi connectivity index (χ4v) is 3.18. The monoisotopic (exact) mass is 328 g/mol. The van der Waals surface area contributed by atoms with Gasteiger partial charge in [0.2, 0.25) is 0 Å². The van der Waals surface area contributed by atoms with Gasteiger partial charge in [-0.3, -0.25) is 0 Å². The summed E-state index contributed by atoms with van der Waals surface area (Å²) in [5, 5.41) is 5.79. The Labute approximate surface area is 128 Å². The van der Waals surface area contributed by atoms with Crippen molar-refractivity contribution in [2.24, 2.45) is 0 Å². The van der Waals surface area contributed by atoms with Gasteiger partial charge < -0.3 is 5.32 Å². The average molecular weight is 330 g/mol. The number of thiazole rings is 1. The lowest BCUT2D eigenvalue weighted by Gasteiger charge is -2.05. The van der Waals surface area contributed by atoms with Crippen molar-refractivity contribution in [3.05, 3.63) is 51.5 Å². The normalized spacial score (nSPS) is 10.9. The topological polar surface area (TPSA) is 24.9 Å². The lowest BCUT2D eigenvalue weighted by atomic mass is 10.3. The van der Waals surface area contributed by atoms with Crippen LogP contribution in [0.5, 0.6) is 0 Å². The molecule has 0 aliphatic heterocycles. The number of benzene rings is 2. The van der Waals surface area contributed by atoms with Gasteiger partial charge in [0, 0.05) is 5.02 Å². The van der Waals surface area contributed by atoms with Crippen LogP contribution in [0, 0.1) is 0 Å². The van der Waals surface area contributed by atoms with E-state index in [2.05, 4.69) is 10.3 Å².